The van der Waals surface area contributed by atoms with Crippen LogP contribution in [0.1, 0.15) is 53.4 Å². The van der Waals surface area contributed by atoms with Gasteiger partial charge in [-0.1, -0.05) is 33.6 Å². The van der Waals surface area contributed by atoms with Crippen molar-refractivity contribution < 1.29 is 24.7 Å². The van der Waals surface area contributed by atoms with E-state index in [1.54, 1.807) is 13.8 Å². The molecule has 1 aliphatic carbocycles. The third-order valence-electron chi connectivity index (χ3n) is 3.54. The maximum Gasteiger partial charge on any atom is 0.451 e. The van der Waals surface area contributed by atoms with Crippen LogP contribution < -0.4 is 11.1 Å². The Labute approximate surface area is 139 Å². The zero-order valence-electron chi connectivity index (χ0n) is 14.8. The Morgan fingerprint density at radius 2 is 1.74 bits per heavy atom. The molecule has 3 unspecified atom stereocenters. The molecule has 6 N–H and O–H groups in total. The number of carbonyl (C=O) groups excluding carboxylic acids is 1. The van der Waals surface area contributed by atoms with Crippen molar-refractivity contribution in [2.24, 2.45) is 17.6 Å². The molecular weight excluding hydrogens is 299 g/mol. The molecule has 0 radical (unpaired) electrons. The molecule has 1 saturated carbocycles. The number of aliphatic carboxylic acids is 1. The second-order valence-corrected chi connectivity index (χ2v) is 5.41. The Kier molecular flexibility index (Phi) is 15.2. The SMILES string of the molecule is CC.CC(N)C(=O)NCC1CCCCC1C(=O)O.CCB(O)O. The number of amides is 1. The van der Waals surface area contributed by atoms with Gasteiger partial charge in [0, 0.05) is 6.54 Å². The molecule has 23 heavy (non-hydrogen) atoms. The number of carboxylic acid groups (broad SMARTS) is 1. The van der Waals surface area contributed by atoms with E-state index >= 15 is 0 Å². The molecule has 0 aromatic heterocycles. The minimum absolute atomic E-state index is 0.0500. The molecule has 0 heterocycles. The van der Waals surface area contributed by atoms with Crippen LogP contribution in [0.3, 0.4) is 0 Å². The number of carboxylic acids is 1. The van der Waals surface area contributed by atoms with E-state index in [1.165, 1.54) is 0 Å². The van der Waals surface area contributed by atoms with E-state index in [0.717, 1.165) is 19.3 Å². The molecule has 0 saturated heterocycles. The van der Waals surface area contributed by atoms with E-state index in [-0.39, 0.29) is 17.7 Å². The first kappa shape index (κ1) is 24.1. The van der Waals surface area contributed by atoms with Crippen molar-refractivity contribution in [3.05, 3.63) is 0 Å². The molecule has 0 aliphatic heterocycles. The Morgan fingerprint density at radius 3 is 2.13 bits per heavy atom. The quantitative estimate of drug-likeness (QED) is 0.474. The monoisotopic (exact) mass is 332 g/mol. The van der Waals surface area contributed by atoms with Crippen LogP contribution in [0, 0.1) is 11.8 Å². The summed E-state index contributed by atoms with van der Waals surface area (Å²) >= 11 is 0. The number of hydrogen-bond donors (Lipinski definition) is 5. The van der Waals surface area contributed by atoms with E-state index in [9.17, 15) is 9.59 Å². The number of nitrogens with two attached hydrogens (primary N) is 1. The number of nitrogens with one attached hydrogen (secondary N) is 1. The van der Waals surface area contributed by atoms with Gasteiger partial charge in [-0.25, -0.2) is 0 Å². The van der Waals surface area contributed by atoms with E-state index in [2.05, 4.69) is 5.32 Å². The molecule has 0 spiro atoms. The highest BCUT2D eigenvalue weighted by molar-refractivity contribution is 6.40. The summed E-state index contributed by atoms with van der Waals surface area (Å²) in [5, 5.41) is 27.6. The third kappa shape index (κ3) is 12.0. The number of hydrogen-bond acceptors (Lipinski definition) is 5. The minimum Gasteiger partial charge on any atom is -0.481 e. The second kappa shape index (κ2) is 14.5. The van der Waals surface area contributed by atoms with Crippen LogP contribution in [0.25, 0.3) is 0 Å². The van der Waals surface area contributed by atoms with Crippen LogP contribution in [0.2, 0.25) is 6.32 Å². The zero-order valence-corrected chi connectivity index (χ0v) is 14.8. The van der Waals surface area contributed by atoms with E-state index in [0.29, 0.717) is 19.3 Å². The van der Waals surface area contributed by atoms with Crippen LogP contribution in [0.5, 0.6) is 0 Å². The van der Waals surface area contributed by atoms with Gasteiger partial charge in [-0.3, -0.25) is 9.59 Å². The zero-order chi connectivity index (χ0) is 18.4. The van der Waals surface area contributed by atoms with Crippen molar-refractivity contribution in [2.75, 3.05) is 6.54 Å². The van der Waals surface area contributed by atoms with Crippen molar-refractivity contribution in [3.63, 3.8) is 0 Å². The van der Waals surface area contributed by atoms with Crippen LogP contribution >= 0.6 is 0 Å². The molecule has 0 aromatic rings. The standard InChI is InChI=1S/C11H20N2O3.C2H7BO2.C2H6/c1-7(12)10(14)13-6-8-4-2-3-5-9(8)11(15)16;1-2-3(4)5;1-2/h7-9H,2-6,12H2,1H3,(H,13,14)(H,15,16);4-5H,2H2,1H3;1-2H3. The van der Waals surface area contributed by atoms with Crippen molar-refractivity contribution >= 4 is 19.0 Å². The van der Waals surface area contributed by atoms with Gasteiger partial charge in [0.25, 0.3) is 0 Å². The van der Waals surface area contributed by atoms with Crippen LogP contribution in [-0.2, 0) is 9.59 Å². The summed E-state index contributed by atoms with van der Waals surface area (Å²) in [5.41, 5.74) is 5.42. The molecule has 136 valence electrons. The number of rotatable bonds is 5. The van der Waals surface area contributed by atoms with Gasteiger partial charge in [-0.2, -0.15) is 0 Å². The highest BCUT2D eigenvalue weighted by Gasteiger charge is 2.30. The Balaban J connectivity index is 0. The summed E-state index contributed by atoms with van der Waals surface area (Å²) in [6.07, 6.45) is 4.02. The largest absolute Gasteiger partial charge is 0.481 e. The molecule has 8 heteroatoms. The predicted molar refractivity (Wildman–Crippen MR) is 91.8 cm³/mol. The fourth-order valence-electron chi connectivity index (χ4n) is 2.17. The molecule has 1 amide bonds. The normalized spacial score (nSPS) is 20.8. The maximum absolute atomic E-state index is 11.3. The molecule has 1 aliphatic rings. The molecule has 0 aromatic carbocycles. The Bertz CT molecular complexity index is 327. The van der Waals surface area contributed by atoms with Gasteiger partial charge in [0.05, 0.1) is 12.0 Å². The summed E-state index contributed by atoms with van der Waals surface area (Å²) in [4.78, 5) is 22.3. The first-order valence-corrected chi connectivity index (χ1v) is 8.41. The average molecular weight is 332 g/mol. The van der Waals surface area contributed by atoms with Crippen molar-refractivity contribution in [3.8, 4) is 0 Å². The lowest BCUT2D eigenvalue weighted by molar-refractivity contribution is -0.145. The summed E-state index contributed by atoms with van der Waals surface area (Å²) in [6.45, 7) is 7.74. The summed E-state index contributed by atoms with van der Waals surface area (Å²) in [7, 11) is -1.12. The highest BCUT2D eigenvalue weighted by Crippen LogP contribution is 2.29. The molecular formula is C15H33BN2O5. The van der Waals surface area contributed by atoms with Crippen molar-refractivity contribution in [1.82, 2.24) is 5.32 Å². The van der Waals surface area contributed by atoms with E-state index in [1.807, 2.05) is 13.8 Å². The van der Waals surface area contributed by atoms with Gasteiger partial charge in [-0.15, -0.1) is 0 Å². The first-order chi connectivity index (χ1) is 10.8. The van der Waals surface area contributed by atoms with E-state index in [4.69, 9.17) is 20.9 Å². The van der Waals surface area contributed by atoms with Gasteiger partial charge in [-0.05, 0) is 32.0 Å². The molecule has 3 atom stereocenters. The number of carbonyl (C=O) groups is 2. The van der Waals surface area contributed by atoms with Crippen LogP contribution in [0.4, 0.5) is 0 Å². The van der Waals surface area contributed by atoms with E-state index < -0.39 is 19.1 Å². The van der Waals surface area contributed by atoms with Gasteiger partial charge in [0.2, 0.25) is 5.91 Å². The van der Waals surface area contributed by atoms with Crippen molar-refractivity contribution in [2.45, 2.75) is 65.7 Å². The summed E-state index contributed by atoms with van der Waals surface area (Å²) in [6, 6.07) is -0.535. The third-order valence-corrected chi connectivity index (χ3v) is 3.54. The lowest BCUT2D eigenvalue weighted by Gasteiger charge is -2.28. The predicted octanol–water partition coefficient (Wildman–Crippen LogP) is 0.846. The lowest BCUT2D eigenvalue weighted by Crippen LogP contribution is -2.43. The smallest absolute Gasteiger partial charge is 0.451 e. The lowest BCUT2D eigenvalue weighted by atomic mass is 9.79. The first-order valence-electron chi connectivity index (χ1n) is 8.41. The van der Waals surface area contributed by atoms with Gasteiger partial charge < -0.3 is 26.2 Å². The van der Waals surface area contributed by atoms with Crippen molar-refractivity contribution in [1.29, 1.82) is 0 Å². The molecule has 1 fully saturated rings. The topological polar surface area (TPSA) is 133 Å². The Hall–Kier alpha value is -1.12. The highest BCUT2D eigenvalue weighted by atomic mass is 16.4. The summed E-state index contributed by atoms with van der Waals surface area (Å²) < 4.78 is 0. The van der Waals surface area contributed by atoms with Crippen LogP contribution in [-0.4, -0.2) is 46.7 Å². The minimum atomic E-state index is -1.12. The van der Waals surface area contributed by atoms with Gasteiger partial charge in [0.15, 0.2) is 0 Å². The Morgan fingerprint density at radius 1 is 1.26 bits per heavy atom. The second-order valence-electron chi connectivity index (χ2n) is 5.41. The molecule has 0 bridgehead atoms. The van der Waals surface area contributed by atoms with Gasteiger partial charge >= 0.3 is 13.1 Å². The fraction of sp³-hybridized carbons (Fsp3) is 0.867. The fourth-order valence-corrected chi connectivity index (χ4v) is 2.17. The van der Waals surface area contributed by atoms with Crippen LogP contribution in [0.15, 0.2) is 0 Å². The average Bonchev–Trinajstić information content (AvgIpc) is 2.54. The molecule has 1 rings (SSSR count). The maximum atomic E-state index is 11.3. The van der Waals surface area contributed by atoms with Gasteiger partial charge in [0.1, 0.15) is 0 Å². The molecule has 7 nitrogen and oxygen atoms in total. The summed E-state index contributed by atoms with van der Waals surface area (Å²) in [5.74, 6) is -1.23.